The van der Waals surface area contributed by atoms with E-state index >= 15 is 0 Å². The topological polar surface area (TPSA) is 156 Å². The predicted molar refractivity (Wildman–Crippen MR) is 236 cm³/mol. The molecule has 5 aromatic rings. The van der Waals surface area contributed by atoms with Crippen molar-refractivity contribution in [2.45, 2.75) is 76.3 Å². The Kier molecular flexibility index (Phi) is 16.0. The molecule has 15 heteroatoms. The summed E-state index contributed by atoms with van der Waals surface area (Å²) < 4.78 is 48.3. The van der Waals surface area contributed by atoms with Crippen LogP contribution in [0.1, 0.15) is 67.4 Å². The first-order chi connectivity index (χ1) is 30.0. The molecule has 0 radical (unpaired) electrons. The van der Waals surface area contributed by atoms with E-state index in [-0.39, 0.29) is 37.5 Å². The summed E-state index contributed by atoms with van der Waals surface area (Å²) in [6.45, 7) is 8.28. The zero-order valence-corrected chi connectivity index (χ0v) is 36.9. The fraction of sp³-hybridized carbons (Fsp3) is 0.362. The van der Waals surface area contributed by atoms with Gasteiger partial charge in [-0.1, -0.05) is 72.8 Å². The van der Waals surface area contributed by atoms with Crippen LogP contribution in [0.15, 0.2) is 126 Å². The summed E-state index contributed by atoms with van der Waals surface area (Å²) in [6, 6.07) is 37.6. The van der Waals surface area contributed by atoms with Gasteiger partial charge in [0.05, 0.1) is 39.9 Å². The lowest BCUT2D eigenvalue weighted by Gasteiger charge is -2.39. The maximum absolute atomic E-state index is 13.9. The van der Waals surface area contributed by atoms with Crippen LogP contribution in [0.25, 0.3) is 0 Å². The second kappa shape index (κ2) is 21.5. The zero-order chi connectivity index (χ0) is 44.2. The van der Waals surface area contributed by atoms with Crippen molar-refractivity contribution in [2.75, 3.05) is 39.9 Å². The summed E-state index contributed by atoms with van der Waals surface area (Å²) in [5.74, 6) is 1.02. The van der Waals surface area contributed by atoms with Crippen LogP contribution >= 0.6 is 8.53 Å². The molecule has 0 bridgehead atoms. The van der Waals surface area contributed by atoms with Crippen LogP contribution in [-0.4, -0.2) is 85.1 Å². The monoisotopic (exact) mass is 863 g/mol. The first kappa shape index (κ1) is 46.0. The highest BCUT2D eigenvalue weighted by Gasteiger charge is 2.51. The minimum Gasteiger partial charge on any atom is -0.497 e. The van der Waals surface area contributed by atoms with E-state index < -0.39 is 50.3 Å². The Morgan fingerprint density at radius 2 is 1.40 bits per heavy atom. The van der Waals surface area contributed by atoms with Crippen molar-refractivity contribution in [2.24, 2.45) is 0 Å². The molecule has 1 aliphatic heterocycles. The van der Waals surface area contributed by atoms with E-state index in [0.717, 1.165) is 16.7 Å². The maximum atomic E-state index is 13.9. The van der Waals surface area contributed by atoms with Crippen molar-refractivity contribution in [1.29, 1.82) is 5.26 Å². The third-order valence-corrected chi connectivity index (χ3v) is 12.6. The molecule has 62 heavy (non-hydrogen) atoms. The minimum absolute atomic E-state index is 0.00153. The molecular weight excluding hydrogens is 810 g/mol. The Morgan fingerprint density at radius 3 is 1.92 bits per heavy atom. The van der Waals surface area contributed by atoms with E-state index in [2.05, 4.69) is 48.7 Å². The first-order valence-electron chi connectivity index (χ1n) is 20.4. The lowest BCUT2D eigenvalue weighted by atomic mass is 9.80. The second-order valence-electron chi connectivity index (χ2n) is 15.0. The Labute approximate surface area is 364 Å². The van der Waals surface area contributed by atoms with E-state index in [0.29, 0.717) is 17.1 Å². The number of amides is 1. The van der Waals surface area contributed by atoms with Crippen LogP contribution in [0.2, 0.25) is 0 Å². The molecule has 6 rings (SSSR count). The normalized spacial score (nSPS) is 18.1. The molecule has 1 aromatic heterocycles. The highest BCUT2D eigenvalue weighted by Crippen LogP contribution is 2.51. The number of benzene rings is 4. The Bertz CT molecular complexity index is 2230. The SMILES string of the molecule is COc1ccc(C(OC[C@H]2O[C@@H](n3ccc(NC(=O)c4ccccc4)nc3=O)[C@@H](OC)[C@@H]2OP(OCCC#N)N(C(C)C)C(C)C)(c2ccccc2)c2ccc(OC)cc2)cc1. The summed E-state index contributed by atoms with van der Waals surface area (Å²) in [6.07, 6.45) is -1.99. The van der Waals surface area contributed by atoms with Gasteiger partial charge in [0.25, 0.3) is 14.4 Å². The Balaban J connectivity index is 1.44. The van der Waals surface area contributed by atoms with Crippen LogP contribution in [0.4, 0.5) is 5.82 Å². The fourth-order valence-electron chi connectivity index (χ4n) is 7.58. The predicted octanol–water partition coefficient (Wildman–Crippen LogP) is 8.10. The van der Waals surface area contributed by atoms with E-state index in [1.807, 2.05) is 84.9 Å². The van der Waals surface area contributed by atoms with Crippen molar-refractivity contribution < 1.29 is 37.5 Å². The van der Waals surface area contributed by atoms with Gasteiger partial charge in [0.15, 0.2) is 6.23 Å². The molecule has 0 aliphatic carbocycles. The van der Waals surface area contributed by atoms with Crippen molar-refractivity contribution in [3.63, 3.8) is 0 Å². The molecule has 0 saturated carbocycles. The molecule has 1 saturated heterocycles. The van der Waals surface area contributed by atoms with E-state index in [1.165, 1.54) is 23.9 Å². The highest BCUT2D eigenvalue weighted by atomic mass is 31.2. The lowest BCUT2D eigenvalue weighted by molar-refractivity contribution is -0.0957. The number of carbonyl (C=O) groups excluding carboxylic acids is 1. The van der Waals surface area contributed by atoms with Crippen LogP contribution in [-0.2, 0) is 28.9 Å². The van der Waals surface area contributed by atoms with E-state index in [4.69, 9.17) is 32.7 Å². The number of methoxy groups -OCH3 is 3. The summed E-state index contributed by atoms with van der Waals surface area (Å²) in [7, 11) is 2.95. The average molecular weight is 864 g/mol. The van der Waals surface area contributed by atoms with Gasteiger partial charge < -0.3 is 38.0 Å². The molecule has 2 heterocycles. The molecule has 1 amide bonds. The molecule has 5 atom stereocenters. The Morgan fingerprint density at radius 1 is 0.839 bits per heavy atom. The van der Waals surface area contributed by atoms with Gasteiger partial charge >= 0.3 is 5.69 Å². The van der Waals surface area contributed by atoms with Gasteiger partial charge in [-0.3, -0.25) is 9.36 Å². The number of rotatable bonds is 20. The molecule has 1 aliphatic rings. The molecule has 1 unspecified atom stereocenters. The highest BCUT2D eigenvalue weighted by molar-refractivity contribution is 7.44. The number of nitriles is 1. The molecule has 0 spiro atoms. The van der Waals surface area contributed by atoms with Crippen LogP contribution in [0.5, 0.6) is 11.5 Å². The van der Waals surface area contributed by atoms with Crippen molar-refractivity contribution in [3.05, 3.63) is 154 Å². The van der Waals surface area contributed by atoms with Crippen molar-refractivity contribution >= 4 is 20.3 Å². The first-order valence-corrected chi connectivity index (χ1v) is 21.5. The summed E-state index contributed by atoms with van der Waals surface area (Å²) in [5, 5.41) is 12.1. The molecule has 14 nitrogen and oxygen atoms in total. The van der Waals surface area contributed by atoms with Crippen LogP contribution in [0.3, 0.4) is 0 Å². The van der Waals surface area contributed by atoms with Gasteiger partial charge in [0.1, 0.15) is 41.2 Å². The number of ether oxygens (including phenoxy) is 5. The summed E-state index contributed by atoms with van der Waals surface area (Å²) in [5.41, 5.74) is 0.990. The third kappa shape index (κ3) is 10.4. The number of hydrogen-bond acceptors (Lipinski definition) is 12. The van der Waals surface area contributed by atoms with Gasteiger partial charge in [-0.2, -0.15) is 10.2 Å². The maximum Gasteiger partial charge on any atom is 0.351 e. The molecule has 1 fully saturated rings. The molecule has 4 aromatic carbocycles. The number of aromatic nitrogens is 2. The van der Waals surface area contributed by atoms with Crippen molar-refractivity contribution in [1.82, 2.24) is 14.2 Å². The largest absolute Gasteiger partial charge is 0.497 e. The average Bonchev–Trinajstić information content (AvgIpc) is 3.63. The third-order valence-electron chi connectivity index (χ3n) is 10.5. The molecule has 326 valence electrons. The number of hydrogen-bond donors (Lipinski definition) is 1. The van der Waals surface area contributed by atoms with Gasteiger partial charge in [0.2, 0.25) is 0 Å². The lowest BCUT2D eigenvalue weighted by Crippen LogP contribution is -2.43. The van der Waals surface area contributed by atoms with Gasteiger partial charge in [-0.15, -0.1) is 0 Å². The molecular formula is C47H54N5O9P. The number of carbonyl (C=O) groups is 1. The van der Waals surface area contributed by atoms with Gasteiger partial charge in [0, 0.05) is 31.0 Å². The zero-order valence-electron chi connectivity index (χ0n) is 36.0. The van der Waals surface area contributed by atoms with E-state index in [9.17, 15) is 14.9 Å². The number of anilines is 1. The fourth-order valence-corrected chi connectivity index (χ4v) is 9.35. The standard InChI is InChI=1S/C47H54N5O9P/c1-32(2)52(33(3)4)62(59-30-14-28-48)61-42-40(60-45(43(42)57-7)51-29-27-41(50-46(51)54)49-44(53)34-15-10-8-11-16-34)31-58-47(35-17-12-9-13-18-35,36-19-23-38(55-5)24-20-36)37-21-25-39(56-6)26-22-37/h8-13,15-27,29,32-33,40,42-43,45H,14,30-31H2,1-7H3,(H,49,50,53,54)/t40-,42-,43+,45-,62?/m1/s1. The van der Waals surface area contributed by atoms with Crippen LogP contribution < -0.4 is 20.5 Å². The van der Waals surface area contributed by atoms with E-state index in [1.54, 1.807) is 38.5 Å². The minimum atomic E-state index is -1.81. The Hall–Kier alpha value is -5.49. The summed E-state index contributed by atoms with van der Waals surface area (Å²) in [4.78, 5) is 31.0. The summed E-state index contributed by atoms with van der Waals surface area (Å²) >= 11 is 0. The number of nitrogens with zero attached hydrogens (tertiary/aromatic N) is 4. The smallest absolute Gasteiger partial charge is 0.351 e. The number of nitrogens with one attached hydrogen (secondary N) is 1. The quantitative estimate of drug-likeness (QED) is 0.0457. The van der Waals surface area contributed by atoms with Gasteiger partial charge in [-0.05, 0) is 86.8 Å². The van der Waals surface area contributed by atoms with Crippen molar-refractivity contribution in [3.8, 4) is 17.6 Å². The molecule has 1 N–H and O–H groups in total. The van der Waals surface area contributed by atoms with Crippen LogP contribution in [0, 0.1) is 11.3 Å². The second-order valence-corrected chi connectivity index (χ2v) is 16.4. The van der Waals surface area contributed by atoms with Gasteiger partial charge in [-0.25, -0.2) is 9.46 Å².